The molecular weight excluding hydrogens is 352 g/mol. The van der Waals surface area contributed by atoms with E-state index in [2.05, 4.69) is 5.32 Å². The number of hydrogen-bond acceptors (Lipinski definition) is 3. The van der Waals surface area contributed by atoms with Crippen LogP contribution in [-0.2, 0) is 22.6 Å². The molecule has 2 aromatic rings. The zero-order valence-corrected chi connectivity index (χ0v) is 17.1. The fraction of sp³-hybridized carbons (Fsp3) is 0.391. The lowest BCUT2D eigenvalue weighted by atomic mass is 10.0. The molecule has 0 aromatic heterocycles. The van der Waals surface area contributed by atoms with Gasteiger partial charge in [0.05, 0.1) is 7.11 Å². The predicted octanol–water partition coefficient (Wildman–Crippen LogP) is 3.43. The van der Waals surface area contributed by atoms with Crippen molar-refractivity contribution in [2.45, 2.75) is 39.8 Å². The van der Waals surface area contributed by atoms with Crippen molar-refractivity contribution in [2.24, 2.45) is 5.92 Å². The van der Waals surface area contributed by atoms with E-state index in [-0.39, 0.29) is 11.8 Å². The third-order valence-corrected chi connectivity index (χ3v) is 4.55. The smallest absolute Gasteiger partial charge is 0.243 e. The highest BCUT2D eigenvalue weighted by Gasteiger charge is 2.28. The van der Waals surface area contributed by atoms with E-state index >= 15 is 0 Å². The Kier molecular flexibility index (Phi) is 8.05. The van der Waals surface area contributed by atoms with Crippen molar-refractivity contribution in [2.75, 3.05) is 13.7 Å². The number of nitrogens with one attached hydrogen (secondary N) is 1. The van der Waals surface area contributed by atoms with Gasteiger partial charge in [-0.05, 0) is 29.2 Å². The quantitative estimate of drug-likeness (QED) is 0.723. The van der Waals surface area contributed by atoms with E-state index in [9.17, 15) is 9.59 Å². The zero-order valence-electron chi connectivity index (χ0n) is 17.1. The van der Waals surface area contributed by atoms with Crippen LogP contribution in [0.4, 0.5) is 0 Å². The van der Waals surface area contributed by atoms with Crippen LogP contribution in [0.25, 0.3) is 0 Å². The molecule has 2 aromatic carbocycles. The number of nitrogens with zero attached hydrogens (tertiary/aromatic N) is 1. The Morgan fingerprint density at radius 1 is 1.00 bits per heavy atom. The average molecular weight is 383 g/mol. The summed E-state index contributed by atoms with van der Waals surface area (Å²) in [7, 11) is 1.62. The van der Waals surface area contributed by atoms with Gasteiger partial charge in [-0.15, -0.1) is 0 Å². The van der Waals surface area contributed by atoms with Crippen molar-refractivity contribution in [3.63, 3.8) is 0 Å². The Bertz CT molecular complexity index is 757. The average Bonchev–Trinajstić information content (AvgIpc) is 2.69. The second-order valence-corrected chi connectivity index (χ2v) is 7.34. The number of ether oxygens (including phenoxy) is 1. The standard InChI is InChI=1S/C23H30N2O3/c1-17(2)15-24-23(27)22(14-19-8-6-5-7-9-19)25(18(3)26)16-20-10-12-21(28-4)13-11-20/h5-13,17,22H,14-16H2,1-4H3,(H,24,27)/t22-/m1/s1. The highest BCUT2D eigenvalue weighted by Crippen LogP contribution is 2.17. The molecule has 2 amide bonds. The molecule has 0 aliphatic rings. The third-order valence-electron chi connectivity index (χ3n) is 4.55. The molecular formula is C23H30N2O3. The fourth-order valence-electron chi connectivity index (χ4n) is 2.97. The van der Waals surface area contributed by atoms with Crippen LogP contribution < -0.4 is 10.1 Å². The zero-order chi connectivity index (χ0) is 20.5. The van der Waals surface area contributed by atoms with E-state index in [0.717, 1.165) is 16.9 Å². The SMILES string of the molecule is COc1ccc(CN(C(C)=O)[C@H](Cc2ccccc2)C(=O)NCC(C)C)cc1. The van der Waals surface area contributed by atoms with Gasteiger partial charge in [-0.25, -0.2) is 0 Å². The molecule has 1 N–H and O–H groups in total. The maximum Gasteiger partial charge on any atom is 0.243 e. The van der Waals surface area contributed by atoms with Gasteiger partial charge in [0.15, 0.2) is 0 Å². The van der Waals surface area contributed by atoms with Crippen LogP contribution in [0.2, 0.25) is 0 Å². The van der Waals surface area contributed by atoms with Gasteiger partial charge < -0.3 is 15.0 Å². The topological polar surface area (TPSA) is 58.6 Å². The van der Waals surface area contributed by atoms with Gasteiger partial charge in [0.1, 0.15) is 11.8 Å². The highest BCUT2D eigenvalue weighted by molar-refractivity contribution is 5.87. The van der Waals surface area contributed by atoms with Crippen molar-refractivity contribution in [3.8, 4) is 5.75 Å². The van der Waals surface area contributed by atoms with E-state index < -0.39 is 6.04 Å². The Labute approximate surface area is 167 Å². The molecule has 0 saturated heterocycles. The monoisotopic (exact) mass is 382 g/mol. The lowest BCUT2D eigenvalue weighted by Crippen LogP contribution is -2.50. The van der Waals surface area contributed by atoms with Crippen LogP contribution in [0.1, 0.15) is 31.9 Å². The van der Waals surface area contributed by atoms with E-state index in [4.69, 9.17) is 4.74 Å². The molecule has 0 radical (unpaired) electrons. The number of amides is 2. The minimum atomic E-state index is -0.569. The van der Waals surface area contributed by atoms with Crippen LogP contribution in [-0.4, -0.2) is 36.4 Å². The number of rotatable bonds is 9. The first-order chi connectivity index (χ1) is 13.4. The van der Waals surface area contributed by atoms with Crippen molar-refractivity contribution >= 4 is 11.8 Å². The largest absolute Gasteiger partial charge is 0.497 e. The maximum atomic E-state index is 13.0. The minimum absolute atomic E-state index is 0.124. The highest BCUT2D eigenvalue weighted by atomic mass is 16.5. The molecule has 0 saturated carbocycles. The first-order valence-electron chi connectivity index (χ1n) is 9.62. The summed E-state index contributed by atoms with van der Waals surface area (Å²) in [5.41, 5.74) is 1.97. The van der Waals surface area contributed by atoms with E-state index in [0.29, 0.717) is 25.4 Å². The number of benzene rings is 2. The van der Waals surface area contributed by atoms with Gasteiger partial charge in [-0.3, -0.25) is 9.59 Å². The lowest BCUT2D eigenvalue weighted by molar-refractivity contribution is -0.139. The van der Waals surface area contributed by atoms with Gasteiger partial charge in [0.2, 0.25) is 11.8 Å². The summed E-state index contributed by atoms with van der Waals surface area (Å²) in [5, 5.41) is 2.99. The molecule has 0 bridgehead atoms. The first kappa shape index (κ1) is 21.5. The lowest BCUT2D eigenvalue weighted by Gasteiger charge is -2.30. The van der Waals surface area contributed by atoms with Crippen molar-refractivity contribution in [1.82, 2.24) is 10.2 Å². The van der Waals surface area contributed by atoms with Gasteiger partial charge in [-0.2, -0.15) is 0 Å². The van der Waals surface area contributed by atoms with Crippen molar-refractivity contribution in [1.29, 1.82) is 0 Å². The van der Waals surface area contributed by atoms with Crippen molar-refractivity contribution in [3.05, 3.63) is 65.7 Å². The molecule has 0 spiro atoms. The number of hydrogen-bond donors (Lipinski definition) is 1. The normalized spacial score (nSPS) is 11.8. The molecule has 0 aliphatic carbocycles. The number of methoxy groups -OCH3 is 1. The summed E-state index contributed by atoms with van der Waals surface area (Å²) < 4.78 is 5.20. The molecule has 5 heteroatoms. The molecule has 5 nitrogen and oxygen atoms in total. The predicted molar refractivity (Wildman–Crippen MR) is 111 cm³/mol. The van der Waals surface area contributed by atoms with Crippen LogP contribution in [0.5, 0.6) is 5.75 Å². The summed E-state index contributed by atoms with van der Waals surface area (Å²) >= 11 is 0. The molecule has 0 fully saturated rings. The number of carbonyl (C=O) groups is 2. The first-order valence-corrected chi connectivity index (χ1v) is 9.62. The van der Waals surface area contributed by atoms with Crippen molar-refractivity contribution < 1.29 is 14.3 Å². The van der Waals surface area contributed by atoms with Gasteiger partial charge in [0, 0.05) is 26.4 Å². The fourth-order valence-corrected chi connectivity index (χ4v) is 2.97. The molecule has 0 heterocycles. The molecule has 150 valence electrons. The molecule has 0 unspecified atom stereocenters. The maximum absolute atomic E-state index is 13.0. The molecule has 2 rings (SSSR count). The van der Waals surface area contributed by atoms with Crippen LogP contribution in [0, 0.1) is 5.92 Å². The summed E-state index contributed by atoms with van der Waals surface area (Å²) in [6.45, 7) is 6.56. The summed E-state index contributed by atoms with van der Waals surface area (Å²) in [5.74, 6) is 0.847. The number of carbonyl (C=O) groups excluding carboxylic acids is 2. The Balaban J connectivity index is 2.26. The van der Waals surface area contributed by atoms with E-state index in [1.807, 2.05) is 68.4 Å². The molecule has 0 aliphatic heterocycles. The van der Waals surface area contributed by atoms with Gasteiger partial charge >= 0.3 is 0 Å². The Morgan fingerprint density at radius 2 is 1.64 bits per heavy atom. The van der Waals surface area contributed by atoms with E-state index in [1.165, 1.54) is 6.92 Å². The second-order valence-electron chi connectivity index (χ2n) is 7.34. The summed E-state index contributed by atoms with van der Waals surface area (Å²) in [4.78, 5) is 27.1. The van der Waals surface area contributed by atoms with E-state index in [1.54, 1.807) is 12.0 Å². The second kappa shape index (κ2) is 10.5. The van der Waals surface area contributed by atoms with Crippen LogP contribution in [0.3, 0.4) is 0 Å². The van der Waals surface area contributed by atoms with Crippen LogP contribution in [0.15, 0.2) is 54.6 Å². The molecule has 1 atom stereocenters. The Morgan fingerprint density at radius 3 is 2.18 bits per heavy atom. The van der Waals surface area contributed by atoms with Gasteiger partial charge in [0.25, 0.3) is 0 Å². The molecule has 28 heavy (non-hydrogen) atoms. The summed E-state index contributed by atoms with van der Waals surface area (Å²) in [6, 6.07) is 16.8. The van der Waals surface area contributed by atoms with Crippen LogP contribution >= 0.6 is 0 Å². The third kappa shape index (κ3) is 6.41. The van der Waals surface area contributed by atoms with Gasteiger partial charge in [-0.1, -0.05) is 56.3 Å². The minimum Gasteiger partial charge on any atom is -0.497 e. The Hall–Kier alpha value is -2.82. The summed E-state index contributed by atoms with van der Waals surface area (Å²) in [6.07, 6.45) is 0.473.